The zero-order valence-electron chi connectivity index (χ0n) is 15.0. The van der Waals surface area contributed by atoms with Crippen LogP contribution in [0, 0.1) is 6.92 Å². The quantitative estimate of drug-likeness (QED) is 0.808. The number of hydrogen-bond acceptors (Lipinski definition) is 3. The van der Waals surface area contributed by atoms with Crippen molar-refractivity contribution in [3.63, 3.8) is 0 Å². The summed E-state index contributed by atoms with van der Waals surface area (Å²) in [6.07, 6.45) is -2.63. The zero-order valence-corrected chi connectivity index (χ0v) is 15.9. The van der Waals surface area contributed by atoms with Gasteiger partial charge in [0.15, 0.2) is 4.80 Å². The first kappa shape index (κ1) is 20.2. The second kappa shape index (κ2) is 8.05. The molecule has 1 heterocycles. The monoisotopic (exact) mass is 386 g/mol. The number of likely N-dealkylation sites (N-methyl/N-ethyl adjacent to an activating group) is 2. The third kappa shape index (κ3) is 5.18. The van der Waals surface area contributed by atoms with E-state index in [4.69, 9.17) is 0 Å². The van der Waals surface area contributed by atoms with Crippen molar-refractivity contribution in [2.75, 3.05) is 34.2 Å². The number of halogens is 3. The van der Waals surface area contributed by atoms with Gasteiger partial charge in [0.25, 0.3) is 0 Å². The molecule has 1 aromatic heterocycles. The van der Waals surface area contributed by atoms with Crippen LogP contribution in [0.2, 0.25) is 0 Å². The third-order valence-corrected chi connectivity index (χ3v) is 4.54. The number of hydrogen-bond donors (Lipinski definition) is 0. The maximum atomic E-state index is 12.7. The molecule has 9 heteroatoms. The van der Waals surface area contributed by atoms with Crippen LogP contribution in [0.4, 0.5) is 18.0 Å². The fourth-order valence-electron chi connectivity index (χ4n) is 2.14. The molecule has 0 saturated heterocycles. The Kier molecular flexibility index (Phi) is 6.25. The second-order valence-corrected chi connectivity index (χ2v) is 7.37. The fourth-order valence-corrected chi connectivity index (χ4v) is 2.97. The maximum Gasteiger partial charge on any atom is 0.416 e. The Morgan fingerprint density at radius 2 is 1.77 bits per heavy atom. The van der Waals surface area contributed by atoms with E-state index in [0.29, 0.717) is 23.6 Å². The molecule has 1 aromatic carbocycles. The lowest BCUT2D eigenvalue weighted by Gasteiger charge is -2.17. The molecule has 0 aliphatic rings. The van der Waals surface area contributed by atoms with E-state index in [1.807, 2.05) is 25.9 Å². The summed E-state index contributed by atoms with van der Waals surface area (Å²) in [4.78, 5) is 21.2. The van der Waals surface area contributed by atoms with Crippen LogP contribution < -0.4 is 4.80 Å². The van der Waals surface area contributed by atoms with E-state index in [1.165, 1.54) is 28.4 Å². The third-order valence-electron chi connectivity index (χ3n) is 3.64. The molecule has 0 aliphatic heterocycles. The zero-order chi connectivity index (χ0) is 19.5. The van der Waals surface area contributed by atoms with Crippen molar-refractivity contribution in [2.45, 2.75) is 13.1 Å². The van der Waals surface area contributed by atoms with Gasteiger partial charge >= 0.3 is 12.2 Å². The van der Waals surface area contributed by atoms with Crippen LogP contribution in [-0.2, 0) is 6.18 Å². The Labute approximate surface area is 154 Å². The molecular formula is C17H21F3N4OS. The lowest BCUT2D eigenvalue weighted by Crippen LogP contribution is -2.33. The number of rotatable bonds is 4. The molecule has 0 fully saturated rings. The predicted octanol–water partition coefficient (Wildman–Crippen LogP) is 3.38. The number of benzene rings is 1. The number of amides is 2. The summed E-state index contributed by atoms with van der Waals surface area (Å²) >= 11 is 1.31. The molecule has 26 heavy (non-hydrogen) atoms. The molecule has 0 unspecified atom stereocenters. The van der Waals surface area contributed by atoms with Crippen molar-refractivity contribution in [1.29, 1.82) is 0 Å². The Balaban J connectivity index is 2.31. The van der Waals surface area contributed by atoms with E-state index in [9.17, 15) is 18.0 Å². The molecule has 5 nitrogen and oxygen atoms in total. The van der Waals surface area contributed by atoms with E-state index in [0.717, 1.165) is 17.0 Å². The van der Waals surface area contributed by atoms with Gasteiger partial charge in [-0.05, 0) is 45.3 Å². The number of alkyl halides is 3. The average Bonchev–Trinajstić information content (AvgIpc) is 2.92. The Bertz CT molecular complexity index is 822. The molecule has 2 rings (SSSR count). The van der Waals surface area contributed by atoms with Gasteiger partial charge < -0.3 is 9.80 Å². The highest BCUT2D eigenvalue weighted by Crippen LogP contribution is 2.29. The van der Waals surface area contributed by atoms with Gasteiger partial charge in [0.1, 0.15) is 0 Å². The molecule has 2 amide bonds. The van der Waals surface area contributed by atoms with Gasteiger partial charge in [-0.1, -0.05) is 0 Å². The molecular weight excluding hydrogens is 365 g/mol. The number of aromatic nitrogens is 1. The largest absolute Gasteiger partial charge is 0.416 e. The molecule has 142 valence electrons. The van der Waals surface area contributed by atoms with Crippen LogP contribution in [0.1, 0.15) is 10.4 Å². The second-order valence-electron chi connectivity index (χ2n) is 6.16. The van der Waals surface area contributed by atoms with Crippen molar-refractivity contribution in [2.24, 2.45) is 4.99 Å². The minimum atomic E-state index is -4.38. The molecule has 2 aromatic rings. The first-order valence-electron chi connectivity index (χ1n) is 7.89. The van der Waals surface area contributed by atoms with Gasteiger partial charge in [-0.3, -0.25) is 4.57 Å². The van der Waals surface area contributed by atoms with Crippen LogP contribution in [0.15, 0.2) is 35.5 Å². The number of thiazole rings is 1. The van der Waals surface area contributed by atoms with Crippen LogP contribution in [0.25, 0.3) is 5.69 Å². The van der Waals surface area contributed by atoms with Crippen molar-refractivity contribution in [3.8, 4) is 5.69 Å². The molecule has 0 spiro atoms. The predicted molar refractivity (Wildman–Crippen MR) is 95.5 cm³/mol. The molecule has 0 aliphatic carbocycles. The van der Waals surface area contributed by atoms with Gasteiger partial charge in [0.05, 0.1) is 5.56 Å². The van der Waals surface area contributed by atoms with Gasteiger partial charge in [-0.2, -0.15) is 18.2 Å². The van der Waals surface area contributed by atoms with E-state index < -0.39 is 17.8 Å². The smallest absolute Gasteiger partial charge is 0.325 e. The van der Waals surface area contributed by atoms with E-state index in [1.54, 1.807) is 17.8 Å². The minimum Gasteiger partial charge on any atom is -0.325 e. The number of carbonyl (C=O) groups is 1. The van der Waals surface area contributed by atoms with E-state index >= 15 is 0 Å². The summed E-state index contributed by atoms with van der Waals surface area (Å²) in [5.41, 5.74) is -0.198. The Hall–Kier alpha value is -2.13. The summed E-state index contributed by atoms with van der Waals surface area (Å²) in [5, 5.41) is 0. The Morgan fingerprint density at radius 1 is 1.15 bits per heavy atom. The first-order valence-corrected chi connectivity index (χ1v) is 8.71. The summed E-state index contributed by atoms with van der Waals surface area (Å²) in [5.74, 6) is 0. The summed E-state index contributed by atoms with van der Waals surface area (Å²) < 4.78 is 39.8. The van der Waals surface area contributed by atoms with Crippen LogP contribution >= 0.6 is 11.3 Å². The van der Waals surface area contributed by atoms with Crippen molar-refractivity contribution >= 4 is 17.4 Å². The summed E-state index contributed by atoms with van der Waals surface area (Å²) in [7, 11) is 5.49. The Morgan fingerprint density at radius 3 is 2.31 bits per heavy atom. The average molecular weight is 386 g/mol. The van der Waals surface area contributed by atoms with Crippen molar-refractivity contribution < 1.29 is 18.0 Å². The molecule has 0 bridgehead atoms. The number of nitrogens with zero attached hydrogens (tertiary/aromatic N) is 4. The highest BCUT2D eigenvalue weighted by molar-refractivity contribution is 7.09. The topological polar surface area (TPSA) is 40.8 Å². The van der Waals surface area contributed by atoms with Gasteiger partial charge in [0, 0.05) is 36.9 Å². The van der Waals surface area contributed by atoms with Crippen LogP contribution in [0.5, 0.6) is 0 Å². The van der Waals surface area contributed by atoms with E-state index in [2.05, 4.69) is 4.99 Å². The van der Waals surface area contributed by atoms with Crippen molar-refractivity contribution in [3.05, 3.63) is 45.7 Å². The maximum absolute atomic E-state index is 12.7. The van der Waals surface area contributed by atoms with Crippen LogP contribution in [0.3, 0.4) is 0 Å². The SMILES string of the molecule is Cc1cn(-c2ccc(C(F)(F)F)cc2)c(=NC(=O)N(C)CCN(C)C)s1. The summed E-state index contributed by atoms with van der Waals surface area (Å²) in [6.45, 7) is 3.09. The van der Waals surface area contributed by atoms with Crippen molar-refractivity contribution in [1.82, 2.24) is 14.4 Å². The van der Waals surface area contributed by atoms with Crippen LogP contribution in [-0.4, -0.2) is 54.6 Å². The number of aryl methyl sites for hydroxylation is 1. The summed E-state index contributed by atoms with van der Waals surface area (Å²) in [6, 6.07) is 4.38. The number of carbonyl (C=O) groups excluding carboxylic acids is 1. The molecule has 0 N–H and O–H groups in total. The lowest BCUT2D eigenvalue weighted by molar-refractivity contribution is -0.137. The van der Waals surface area contributed by atoms with Gasteiger partial charge in [-0.15, -0.1) is 11.3 Å². The lowest BCUT2D eigenvalue weighted by atomic mass is 10.2. The number of urea groups is 1. The fraction of sp³-hybridized carbons (Fsp3) is 0.412. The van der Waals surface area contributed by atoms with Gasteiger partial charge in [0.2, 0.25) is 0 Å². The minimum absolute atomic E-state index is 0.394. The normalized spacial score (nSPS) is 12.7. The van der Waals surface area contributed by atoms with Gasteiger partial charge in [-0.25, -0.2) is 4.79 Å². The molecule has 0 saturated carbocycles. The molecule has 0 atom stereocenters. The molecule has 0 radical (unpaired) electrons. The first-order chi connectivity index (χ1) is 12.1. The highest BCUT2D eigenvalue weighted by Gasteiger charge is 2.30. The highest BCUT2D eigenvalue weighted by atomic mass is 32.1. The standard InChI is InChI=1S/C17H21F3N4OS/c1-12-11-24(14-7-5-13(6-8-14)17(18,19)20)16(26-12)21-15(25)23(4)10-9-22(2)3/h5-8,11H,9-10H2,1-4H3. The van der Waals surface area contributed by atoms with E-state index in [-0.39, 0.29) is 0 Å².